The van der Waals surface area contributed by atoms with E-state index in [1.807, 2.05) is 0 Å². The van der Waals surface area contributed by atoms with Crippen LogP contribution in [0.4, 0.5) is 0 Å². The molecule has 0 saturated carbocycles. The molecule has 1 fully saturated rings. The number of nitrogens with zero attached hydrogens (tertiary/aromatic N) is 4. The zero-order valence-corrected chi connectivity index (χ0v) is 9.17. The van der Waals surface area contributed by atoms with E-state index in [1.54, 1.807) is 6.07 Å². The topological polar surface area (TPSA) is 102 Å². The third-order valence-corrected chi connectivity index (χ3v) is 3.53. The number of hydrogen-bond donors (Lipinski definition) is 2. The first-order chi connectivity index (χ1) is 8.66. The number of aromatic nitrogens is 4. The Bertz CT molecular complexity index is 693. The van der Waals surface area contributed by atoms with Gasteiger partial charge in [-0.25, -0.2) is 4.68 Å². The van der Waals surface area contributed by atoms with E-state index < -0.39 is 24.5 Å². The lowest BCUT2D eigenvalue weighted by molar-refractivity contribution is -0.0351. The van der Waals surface area contributed by atoms with Crippen molar-refractivity contribution in [3.05, 3.63) is 22.5 Å². The van der Waals surface area contributed by atoms with Gasteiger partial charge in [-0.05, 0) is 6.07 Å². The summed E-state index contributed by atoms with van der Waals surface area (Å²) in [5.41, 5.74) is 0.762. The first-order valence-corrected chi connectivity index (χ1v) is 5.63. The number of aliphatic hydroxyl groups excluding tert-OH is 2. The molecular weight excluding hydrogens is 240 g/mol. The standard InChI is InChI=1S/C10H10N4O4/c15-6-2-1-4-9-13(12-11-4)3-5-7(16)8(17)10(18-5)14(6)9/h1-2,5,7-8,10,16-17H,3H2. The number of rotatable bonds is 0. The third-order valence-electron chi connectivity index (χ3n) is 3.53. The summed E-state index contributed by atoms with van der Waals surface area (Å²) in [6, 6.07) is 2.93. The number of ether oxygens (including phenoxy) is 1. The minimum atomic E-state index is -1.12. The van der Waals surface area contributed by atoms with Crippen LogP contribution in [0.2, 0.25) is 0 Å². The predicted molar refractivity (Wildman–Crippen MR) is 57.7 cm³/mol. The molecule has 8 heteroatoms. The molecule has 8 nitrogen and oxygen atoms in total. The van der Waals surface area contributed by atoms with Gasteiger partial charge in [0, 0.05) is 6.07 Å². The van der Waals surface area contributed by atoms with Crippen molar-refractivity contribution < 1.29 is 14.9 Å². The molecule has 2 aliphatic heterocycles. The van der Waals surface area contributed by atoms with Crippen molar-refractivity contribution in [3.8, 4) is 0 Å². The van der Waals surface area contributed by atoms with Crippen LogP contribution in [0.15, 0.2) is 16.9 Å². The number of aliphatic hydroxyl groups is 2. The fraction of sp³-hybridized carbons (Fsp3) is 0.500. The summed E-state index contributed by atoms with van der Waals surface area (Å²) in [5, 5.41) is 27.7. The smallest absolute Gasteiger partial charge is 0.254 e. The minimum absolute atomic E-state index is 0.259. The highest BCUT2D eigenvalue weighted by molar-refractivity contribution is 5.70. The summed E-state index contributed by atoms with van der Waals surface area (Å²) in [6.07, 6.45) is -3.63. The quantitative estimate of drug-likeness (QED) is 0.573. The highest BCUT2D eigenvalue weighted by Gasteiger charge is 2.47. The Morgan fingerprint density at radius 2 is 2.17 bits per heavy atom. The zero-order chi connectivity index (χ0) is 12.4. The minimum Gasteiger partial charge on any atom is -0.387 e. The van der Waals surface area contributed by atoms with Gasteiger partial charge in [0.05, 0.1) is 6.54 Å². The molecule has 94 valence electrons. The van der Waals surface area contributed by atoms with Crippen LogP contribution in [0, 0.1) is 0 Å². The largest absolute Gasteiger partial charge is 0.387 e. The molecule has 4 unspecified atom stereocenters. The Morgan fingerprint density at radius 3 is 3.00 bits per heavy atom. The van der Waals surface area contributed by atoms with E-state index >= 15 is 0 Å². The summed E-state index contributed by atoms with van der Waals surface area (Å²) in [7, 11) is 0. The summed E-state index contributed by atoms with van der Waals surface area (Å²) < 4.78 is 8.36. The first-order valence-electron chi connectivity index (χ1n) is 5.63. The van der Waals surface area contributed by atoms with Crippen molar-refractivity contribution in [1.29, 1.82) is 0 Å². The van der Waals surface area contributed by atoms with Crippen LogP contribution in [-0.4, -0.2) is 48.1 Å². The molecule has 2 N–H and O–H groups in total. The SMILES string of the molecule is O=c1ccc2nnn3c2n1C1OC(C3)C(O)C1O. The van der Waals surface area contributed by atoms with E-state index in [1.165, 1.54) is 15.3 Å². The van der Waals surface area contributed by atoms with Crippen LogP contribution < -0.4 is 5.56 Å². The van der Waals surface area contributed by atoms with Crippen molar-refractivity contribution in [2.75, 3.05) is 0 Å². The fourth-order valence-corrected chi connectivity index (χ4v) is 2.64. The Labute approximate surface area is 100 Å². The van der Waals surface area contributed by atoms with E-state index in [0.29, 0.717) is 11.2 Å². The Kier molecular flexibility index (Phi) is 1.79. The maximum atomic E-state index is 12.0. The lowest BCUT2D eigenvalue weighted by Gasteiger charge is -2.19. The van der Waals surface area contributed by atoms with Gasteiger partial charge in [-0.1, -0.05) is 5.21 Å². The summed E-state index contributed by atoms with van der Waals surface area (Å²) in [5.74, 6) is 0. The molecular formula is C10H10N4O4. The lowest BCUT2D eigenvalue weighted by atomic mass is 10.1. The molecule has 0 radical (unpaired) electrons. The van der Waals surface area contributed by atoms with Crippen molar-refractivity contribution >= 4 is 11.2 Å². The van der Waals surface area contributed by atoms with E-state index in [4.69, 9.17) is 4.74 Å². The summed E-state index contributed by atoms with van der Waals surface area (Å²) in [4.78, 5) is 12.0. The maximum Gasteiger partial charge on any atom is 0.254 e. The van der Waals surface area contributed by atoms with Crippen molar-refractivity contribution in [2.24, 2.45) is 0 Å². The third kappa shape index (κ3) is 1.07. The number of pyridine rings is 1. The van der Waals surface area contributed by atoms with Gasteiger partial charge in [0.1, 0.15) is 23.8 Å². The Hall–Kier alpha value is -1.77. The summed E-state index contributed by atoms with van der Waals surface area (Å²) >= 11 is 0. The monoisotopic (exact) mass is 250 g/mol. The average molecular weight is 250 g/mol. The van der Waals surface area contributed by atoms with Gasteiger partial charge in [0.2, 0.25) is 0 Å². The molecule has 18 heavy (non-hydrogen) atoms. The molecule has 2 aromatic rings. The molecule has 2 aliphatic rings. The molecule has 0 aromatic carbocycles. The highest BCUT2D eigenvalue weighted by atomic mass is 16.6. The van der Waals surface area contributed by atoms with Gasteiger partial charge in [0.15, 0.2) is 11.9 Å². The van der Waals surface area contributed by atoms with E-state index in [0.717, 1.165) is 0 Å². The van der Waals surface area contributed by atoms with Gasteiger partial charge in [0.25, 0.3) is 5.56 Å². The van der Waals surface area contributed by atoms with Crippen LogP contribution in [-0.2, 0) is 11.3 Å². The predicted octanol–water partition coefficient (Wildman–Crippen LogP) is -1.77. The van der Waals surface area contributed by atoms with E-state index in [-0.39, 0.29) is 12.1 Å². The maximum absolute atomic E-state index is 12.0. The van der Waals surface area contributed by atoms with Crippen molar-refractivity contribution in [2.45, 2.75) is 31.1 Å². The van der Waals surface area contributed by atoms with Crippen LogP contribution in [0.5, 0.6) is 0 Å². The average Bonchev–Trinajstić information content (AvgIpc) is 2.80. The van der Waals surface area contributed by atoms with Crippen LogP contribution >= 0.6 is 0 Å². The Morgan fingerprint density at radius 1 is 1.33 bits per heavy atom. The van der Waals surface area contributed by atoms with Crippen LogP contribution in [0.1, 0.15) is 6.23 Å². The van der Waals surface area contributed by atoms with Gasteiger partial charge in [-0.2, -0.15) is 0 Å². The molecule has 4 rings (SSSR count). The van der Waals surface area contributed by atoms with Crippen LogP contribution in [0.3, 0.4) is 0 Å². The normalized spacial score (nSPS) is 33.9. The van der Waals surface area contributed by atoms with Crippen LogP contribution in [0.25, 0.3) is 11.2 Å². The summed E-state index contributed by atoms with van der Waals surface area (Å²) in [6.45, 7) is 0.259. The Balaban J connectivity index is 2.10. The molecule has 2 aromatic heterocycles. The molecule has 0 aliphatic carbocycles. The zero-order valence-electron chi connectivity index (χ0n) is 9.17. The van der Waals surface area contributed by atoms with Gasteiger partial charge >= 0.3 is 0 Å². The second-order valence-electron chi connectivity index (χ2n) is 4.57. The molecule has 2 bridgehead atoms. The molecule has 4 atom stereocenters. The van der Waals surface area contributed by atoms with Gasteiger partial charge in [-0.15, -0.1) is 5.10 Å². The lowest BCUT2D eigenvalue weighted by Crippen LogP contribution is -2.38. The first kappa shape index (κ1) is 10.2. The van der Waals surface area contributed by atoms with Crippen molar-refractivity contribution in [1.82, 2.24) is 19.6 Å². The highest BCUT2D eigenvalue weighted by Crippen LogP contribution is 2.33. The van der Waals surface area contributed by atoms with Gasteiger partial charge in [-0.3, -0.25) is 9.36 Å². The van der Waals surface area contributed by atoms with Gasteiger partial charge < -0.3 is 14.9 Å². The van der Waals surface area contributed by atoms with E-state index in [2.05, 4.69) is 10.3 Å². The molecule has 0 spiro atoms. The second kappa shape index (κ2) is 3.16. The van der Waals surface area contributed by atoms with E-state index in [9.17, 15) is 15.0 Å². The number of fused-ring (bicyclic) bond motifs is 3. The number of hydrogen-bond acceptors (Lipinski definition) is 6. The fourth-order valence-electron chi connectivity index (χ4n) is 2.64. The second-order valence-corrected chi connectivity index (χ2v) is 4.57. The molecule has 1 saturated heterocycles. The molecule has 0 amide bonds. The molecule has 4 heterocycles. The van der Waals surface area contributed by atoms with Crippen molar-refractivity contribution in [3.63, 3.8) is 0 Å².